The molecule has 21 heavy (non-hydrogen) atoms. The maximum absolute atomic E-state index is 12.2. The Hall–Kier alpha value is -2.17. The minimum absolute atomic E-state index is 0.0158. The van der Waals surface area contributed by atoms with E-state index in [4.69, 9.17) is 9.68 Å². The molecule has 0 aliphatic carbocycles. The summed E-state index contributed by atoms with van der Waals surface area (Å²) in [4.78, 5) is 4.11. The predicted molar refractivity (Wildman–Crippen MR) is 76.0 cm³/mol. The van der Waals surface area contributed by atoms with Crippen LogP contribution in [-0.4, -0.2) is 19.9 Å². The second-order valence-corrected chi connectivity index (χ2v) is 6.23. The summed E-state index contributed by atoms with van der Waals surface area (Å²) in [5.74, 6) is 1.21. The molecule has 0 saturated carbocycles. The number of aromatic nitrogens is 1. The summed E-state index contributed by atoms with van der Waals surface area (Å²) in [5, 5.41) is 8.96. The number of nitriles is 1. The van der Waals surface area contributed by atoms with Gasteiger partial charge >= 0.3 is 0 Å². The molecule has 1 N–H and O–H groups in total. The Morgan fingerprint density at radius 3 is 2.67 bits per heavy atom. The van der Waals surface area contributed by atoms with Crippen molar-refractivity contribution >= 4 is 10.0 Å². The molecule has 0 amide bonds. The lowest BCUT2D eigenvalue weighted by molar-refractivity contribution is 0.472. The Morgan fingerprint density at radius 2 is 2.05 bits per heavy atom. The number of aryl methyl sites for hydroxylation is 2. The van der Waals surface area contributed by atoms with Gasteiger partial charge in [-0.05, 0) is 19.1 Å². The summed E-state index contributed by atoms with van der Waals surface area (Å²) >= 11 is 0. The largest absolute Gasteiger partial charge is 0.446 e. The number of nitrogens with one attached hydrogen (secondary N) is 1. The first-order valence-corrected chi connectivity index (χ1v) is 7.84. The highest BCUT2D eigenvalue weighted by atomic mass is 32.2. The van der Waals surface area contributed by atoms with Crippen LogP contribution in [-0.2, 0) is 16.4 Å². The van der Waals surface area contributed by atoms with E-state index in [0.717, 1.165) is 5.69 Å². The van der Waals surface area contributed by atoms with Crippen LogP contribution < -0.4 is 4.72 Å². The fourth-order valence-corrected chi connectivity index (χ4v) is 3.16. The number of hydrogen-bond acceptors (Lipinski definition) is 5. The fraction of sp³-hybridized carbons (Fsp3) is 0.286. The molecule has 0 radical (unpaired) electrons. The SMILES string of the molecule is Cc1nc(C)c(CCNS(=O)(=O)c2ccccc2C#N)o1. The van der Waals surface area contributed by atoms with Gasteiger partial charge in [-0.3, -0.25) is 0 Å². The van der Waals surface area contributed by atoms with Crippen molar-refractivity contribution in [2.45, 2.75) is 25.2 Å². The Balaban J connectivity index is 2.09. The van der Waals surface area contributed by atoms with E-state index >= 15 is 0 Å². The lowest BCUT2D eigenvalue weighted by Gasteiger charge is -2.07. The average Bonchev–Trinajstić information content (AvgIpc) is 2.77. The highest BCUT2D eigenvalue weighted by molar-refractivity contribution is 7.89. The summed E-state index contributed by atoms with van der Waals surface area (Å²) in [6.07, 6.45) is 0.403. The molecule has 0 unspecified atom stereocenters. The first kappa shape index (κ1) is 15.2. The van der Waals surface area contributed by atoms with E-state index in [-0.39, 0.29) is 17.0 Å². The maximum Gasteiger partial charge on any atom is 0.241 e. The smallest absolute Gasteiger partial charge is 0.241 e. The van der Waals surface area contributed by atoms with Gasteiger partial charge in [-0.25, -0.2) is 18.1 Å². The molecule has 0 aliphatic heterocycles. The van der Waals surface area contributed by atoms with E-state index in [1.807, 2.05) is 13.0 Å². The molecule has 0 aliphatic rings. The first-order valence-electron chi connectivity index (χ1n) is 6.36. The molecule has 1 aromatic carbocycles. The molecule has 0 bridgehead atoms. The van der Waals surface area contributed by atoms with Gasteiger partial charge < -0.3 is 4.42 Å². The highest BCUT2D eigenvalue weighted by Crippen LogP contribution is 2.14. The minimum atomic E-state index is -3.71. The number of oxazole rings is 1. The minimum Gasteiger partial charge on any atom is -0.446 e. The zero-order valence-electron chi connectivity index (χ0n) is 11.8. The van der Waals surface area contributed by atoms with Gasteiger partial charge in [-0.15, -0.1) is 0 Å². The molecule has 6 nitrogen and oxygen atoms in total. The fourth-order valence-electron chi connectivity index (χ4n) is 1.98. The van der Waals surface area contributed by atoms with E-state index in [2.05, 4.69) is 9.71 Å². The van der Waals surface area contributed by atoms with Gasteiger partial charge in [-0.1, -0.05) is 12.1 Å². The molecule has 1 aromatic heterocycles. The normalized spacial score (nSPS) is 11.3. The number of sulfonamides is 1. The van der Waals surface area contributed by atoms with Crippen molar-refractivity contribution in [2.24, 2.45) is 0 Å². The van der Waals surface area contributed by atoms with Gasteiger partial charge in [0.05, 0.1) is 16.2 Å². The van der Waals surface area contributed by atoms with Crippen molar-refractivity contribution in [1.82, 2.24) is 9.71 Å². The Morgan fingerprint density at radius 1 is 1.33 bits per heavy atom. The molecule has 2 rings (SSSR count). The van der Waals surface area contributed by atoms with Gasteiger partial charge in [-0.2, -0.15) is 5.26 Å². The lowest BCUT2D eigenvalue weighted by Crippen LogP contribution is -2.26. The summed E-state index contributed by atoms with van der Waals surface area (Å²) < 4.78 is 32.2. The molecule has 1 heterocycles. The monoisotopic (exact) mass is 305 g/mol. The number of rotatable bonds is 5. The van der Waals surface area contributed by atoms with Crippen molar-refractivity contribution in [3.05, 3.63) is 47.2 Å². The summed E-state index contributed by atoms with van der Waals surface area (Å²) in [6.45, 7) is 3.73. The Labute approximate surface area is 123 Å². The van der Waals surface area contributed by atoms with Crippen LogP contribution in [0.5, 0.6) is 0 Å². The molecule has 7 heteroatoms. The van der Waals surface area contributed by atoms with Gasteiger partial charge in [0.25, 0.3) is 0 Å². The molecule has 0 atom stereocenters. The predicted octanol–water partition coefficient (Wildman–Crippen LogP) is 1.68. The summed E-state index contributed by atoms with van der Waals surface area (Å²) in [7, 11) is -3.71. The highest BCUT2D eigenvalue weighted by Gasteiger charge is 2.18. The van der Waals surface area contributed by atoms with Crippen LogP contribution in [0.15, 0.2) is 33.6 Å². The average molecular weight is 305 g/mol. The van der Waals surface area contributed by atoms with E-state index in [9.17, 15) is 8.42 Å². The van der Waals surface area contributed by atoms with Crippen LogP contribution in [0, 0.1) is 25.2 Å². The molecule has 0 fully saturated rings. The number of benzene rings is 1. The lowest BCUT2D eigenvalue weighted by atomic mass is 10.2. The maximum atomic E-state index is 12.2. The molecular weight excluding hydrogens is 290 g/mol. The Bertz CT molecular complexity index is 788. The topological polar surface area (TPSA) is 96.0 Å². The van der Waals surface area contributed by atoms with E-state index in [1.54, 1.807) is 19.1 Å². The summed E-state index contributed by atoms with van der Waals surface area (Å²) in [6, 6.07) is 7.96. The van der Waals surface area contributed by atoms with Crippen LogP contribution in [0.25, 0.3) is 0 Å². The second-order valence-electron chi connectivity index (χ2n) is 4.50. The quantitative estimate of drug-likeness (QED) is 0.906. The second kappa shape index (κ2) is 6.08. The third kappa shape index (κ3) is 3.48. The van der Waals surface area contributed by atoms with E-state index < -0.39 is 10.0 Å². The van der Waals surface area contributed by atoms with Crippen LogP contribution in [0.1, 0.15) is 22.9 Å². The third-order valence-corrected chi connectivity index (χ3v) is 4.46. The number of nitrogens with zero attached hydrogens (tertiary/aromatic N) is 2. The molecule has 2 aromatic rings. The number of hydrogen-bond donors (Lipinski definition) is 1. The van der Waals surface area contributed by atoms with Crippen LogP contribution in [0.4, 0.5) is 0 Å². The Kier molecular flexibility index (Phi) is 4.40. The molecule has 0 saturated heterocycles. The van der Waals surface area contributed by atoms with Gasteiger partial charge in [0.2, 0.25) is 10.0 Å². The van der Waals surface area contributed by atoms with Crippen molar-refractivity contribution in [1.29, 1.82) is 5.26 Å². The van der Waals surface area contributed by atoms with Crippen molar-refractivity contribution < 1.29 is 12.8 Å². The standard InChI is InChI=1S/C14H15N3O3S/c1-10-13(20-11(2)17-10)7-8-16-21(18,19)14-6-4-3-5-12(14)9-15/h3-6,16H,7-8H2,1-2H3. The van der Waals surface area contributed by atoms with Crippen LogP contribution in [0.2, 0.25) is 0 Å². The first-order chi connectivity index (χ1) is 9.94. The molecular formula is C14H15N3O3S. The van der Waals surface area contributed by atoms with Crippen LogP contribution >= 0.6 is 0 Å². The van der Waals surface area contributed by atoms with E-state index in [0.29, 0.717) is 18.1 Å². The van der Waals surface area contributed by atoms with Gasteiger partial charge in [0.1, 0.15) is 11.8 Å². The zero-order valence-corrected chi connectivity index (χ0v) is 12.6. The zero-order chi connectivity index (χ0) is 15.5. The van der Waals surface area contributed by atoms with Gasteiger partial charge in [0, 0.05) is 19.9 Å². The summed E-state index contributed by atoms with van der Waals surface area (Å²) in [5.41, 5.74) is 0.876. The third-order valence-electron chi connectivity index (χ3n) is 2.94. The van der Waals surface area contributed by atoms with Crippen molar-refractivity contribution in [3.63, 3.8) is 0 Å². The molecule has 110 valence electrons. The van der Waals surface area contributed by atoms with Crippen molar-refractivity contribution in [2.75, 3.05) is 6.54 Å². The van der Waals surface area contributed by atoms with Crippen LogP contribution in [0.3, 0.4) is 0 Å². The van der Waals surface area contributed by atoms with Gasteiger partial charge in [0.15, 0.2) is 5.89 Å². The van der Waals surface area contributed by atoms with E-state index in [1.165, 1.54) is 12.1 Å². The van der Waals surface area contributed by atoms with Crippen molar-refractivity contribution in [3.8, 4) is 6.07 Å². The molecule has 0 spiro atoms.